The van der Waals surface area contributed by atoms with Crippen molar-refractivity contribution in [3.63, 3.8) is 0 Å². The Morgan fingerprint density at radius 3 is 2.73 bits per heavy atom. The number of nitrogens with zero attached hydrogens (tertiary/aromatic N) is 2. The molecule has 0 aliphatic heterocycles. The lowest BCUT2D eigenvalue weighted by molar-refractivity contribution is 0.460. The lowest BCUT2D eigenvalue weighted by Gasteiger charge is -2.03. The summed E-state index contributed by atoms with van der Waals surface area (Å²) < 4.78 is 5.40. The molecular formula is C10H6Cl2N2O. The third-order valence-corrected chi connectivity index (χ3v) is 2.02. The molecule has 0 aliphatic rings. The summed E-state index contributed by atoms with van der Waals surface area (Å²) in [6.07, 6.45) is 2.92. The van der Waals surface area contributed by atoms with Gasteiger partial charge in [-0.2, -0.15) is 4.98 Å². The molecule has 0 spiro atoms. The van der Waals surface area contributed by atoms with Crippen LogP contribution in [0.25, 0.3) is 0 Å². The molecule has 0 saturated heterocycles. The van der Waals surface area contributed by atoms with Gasteiger partial charge in [0.05, 0.1) is 12.4 Å². The van der Waals surface area contributed by atoms with Crippen LogP contribution in [0.15, 0.2) is 36.7 Å². The fourth-order valence-electron chi connectivity index (χ4n) is 1.03. The zero-order chi connectivity index (χ0) is 10.7. The molecule has 0 bridgehead atoms. The Balaban J connectivity index is 2.22. The number of aromatic nitrogens is 2. The molecule has 15 heavy (non-hydrogen) atoms. The number of benzene rings is 1. The van der Waals surface area contributed by atoms with E-state index < -0.39 is 0 Å². The van der Waals surface area contributed by atoms with Crippen molar-refractivity contribution in [3.8, 4) is 11.6 Å². The first kappa shape index (κ1) is 10.2. The molecule has 0 unspecified atom stereocenters. The number of ether oxygens (including phenoxy) is 1. The van der Waals surface area contributed by atoms with Crippen molar-refractivity contribution in [3.05, 3.63) is 46.8 Å². The van der Waals surface area contributed by atoms with Crippen molar-refractivity contribution in [2.24, 2.45) is 0 Å². The van der Waals surface area contributed by atoms with E-state index in [1.54, 1.807) is 24.3 Å². The molecule has 3 nitrogen and oxygen atoms in total. The number of halogens is 2. The van der Waals surface area contributed by atoms with Gasteiger partial charge in [-0.05, 0) is 18.2 Å². The second-order valence-electron chi connectivity index (χ2n) is 2.74. The minimum Gasteiger partial charge on any atom is -0.437 e. The summed E-state index contributed by atoms with van der Waals surface area (Å²) in [4.78, 5) is 7.79. The van der Waals surface area contributed by atoms with Gasteiger partial charge in [-0.3, -0.25) is 4.98 Å². The zero-order valence-electron chi connectivity index (χ0n) is 7.52. The van der Waals surface area contributed by atoms with Crippen LogP contribution in [0.4, 0.5) is 0 Å². The maximum Gasteiger partial charge on any atom is 0.239 e. The molecule has 1 heterocycles. The van der Waals surface area contributed by atoms with E-state index in [2.05, 4.69) is 9.97 Å². The molecule has 0 aliphatic carbocycles. The number of hydrogen-bond acceptors (Lipinski definition) is 3. The van der Waals surface area contributed by atoms with E-state index >= 15 is 0 Å². The molecule has 2 aromatic rings. The van der Waals surface area contributed by atoms with E-state index in [0.717, 1.165) is 0 Å². The Hall–Kier alpha value is -1.32. The second kappa shape index (κ2) is 4.47. The molecule has 0 amide bonds. The molecule has 76 valence electrons. The third kappa shape index (κ3) is 2.81. The lowest BCUT2D eigenvalue weighted by Crippen LogP contribution is -1.88. The van der Waals surface area contributed by atoms with Crippen LogP contribution in [-0.2, 0) is 0 Å². The molecule has 1 aromatic heterocycles. The Morgan fingerprint density at radius 2 is 2.00 bits per heavy atom. The quantitative estimate of drug-likeness (QED) is 0.805. The van der Waals surface area contributed by atoms with Crippen molar-refractivity contribution < 1.29 is 4.74 Å². The van der Waals surface area contributed by atoms with Gasteiger partial charge in [0.15, 0.2) is 5.15 Å². The number of hydrogen-bond donors (Lipinski definition) is 0. The van der Waals surface area contributed by atoms with Gasteiger partial charge in [0.1, 0.15) is 5.75 Å². The van der Waals surface area contributed by atoms with Gasteiger partial charge in [-0.15, -0.1) is 0 Å². The summed E-state index contributed by atoms with van der Waals surface area (Å²) in [5.74, 6) is 0.934. The summed E-state index contributed by atoms with van der Waals surface area (Å²) >= 11 is 11.5. The van der Waals surface area contributed by atoms with Crippen molar-refractivity contribution in [2.45, 2.75) is 0 Å². The monoisotopic (exact) mass is 240 g/mol. The van der Waals surface area contributed by atoms with Gasteiger partial charge in [0.2, 0.25) is 5.88 Å². The predicted octanol–water partition coefficient (Wildman–Crippen LogP) is 3.58. The van der Waals surface area contributed by atoms with Crippen LogP contribution in [0.5, 0.6) is 11.6 Å². The topological polar surface area (TPSA) is 35.0 Å². The van der Waals surface area contributed by atoms with Crippen molar-refractivity contribution in [2.75, 3.05) is 0 Å². The highest BCUT2D eigenvalue weighted by Crippen LogP contribution is 2.22. The predicted molar refractivity (Wildman–Crippen MR) is 58.6 cm³/mol. The highest BCUT2D eigenvalue weighted by atomic mass is 35.5. The normalized spacial score (nSPS) is 10.0. The summed E-state index contributed by atoms with van der Waals surface area (Å²) in [6.45, 7) is 0. The minimum atomic E-state index is 0.287. The Labute approximate surface area is 96.6 Å². The zero-order valence-corrected chi connectivity index (χ0v) is 9.03. The van der Waals surface area contributed by atoms with Crippen molar-refractivity contribution in [1.82, 2.24) is 9.97 Å². The standard InChI is InChI=1S/C10H6Cl2N2O/c11-7-2-1-3-8(4-7)15-10-6-13-5-9(12)14-10/h1-6H. The van der Waals surface area contributed by atoms with E-state index in [-0.39, 0.29) is 5.15 Å². The molecule has 0 fully saturated rings. The summed E-state index contributed by atoms with van der Waals surface area (Å²) in [5, 5.41) is 0.886. The first-order valence-corrected chi connectivity index (χ1v) is 4.90. The smallest absolute Gasteiger partial charge is 0.239 e. The summed E-state index contributed by atoms with van der Waals surface area (Å²) in [6, 6.07) is 7.01. The molecule has 0 saturated carbocycles. The van der Waals surface area contributed by atoms with Crippen LogP contribution >= 0.6 is 23.2 Å². The van der Waals surface area contributed by atoms with E-state index in [1.807, 2.05) is 0 Å². The summed E-state index contributed by atoms with van der Waals surface area (Å²) in [5.41, 5.74) is 0. The maximum atomic E-state index is 5.80. The first-order valence-electron chi connectivity index (χ1n) is 4.15. The summed E-state index contributed by atoms with van der Waals surface area (Å²) in [7, 11) is 0. The molecule has 5 heteroatoms. The van der Waals surface area contributed by atoms with Crippen LogP contribution in [0.3, 0.4) is 0 Å². The van der Waals surface area contributed by atoms with E-state index in [0.29, 0.717) is 16.7 Å². The Kier molecular flexibility index (Phi) is 3.04. The Morgan fingerprint density at radius 1 is 1.13 bits per heavy atom. The average Bonchev–Trinajstić information content (AvgIpc) is 2.17. The van der Waals surface area contributed by atoms with Gasteiger partial charge in [0.25, 0.3) is 0 Å². The highest BCUT2D eigenvalue weighted by Gasteiger charge is 2.00. The molecular weight excluding hydrogens is 235 g/mol. The first-order chi connectivity index (χ1) is 7.24. The third-order valence-electron chi connectivity index (χ3n) is 1.60. The van der Waals surface area contributed by atoms with Gasteiger partial charge < -0.3 is 4.74 Å². The fourth-order valence-corrected chi connectivity index (χ4v) is 1.35. The van der Waals surface area contributed by atoms with Crippen LogP contribution in [0.1, 0.15) is 0 Å². The second-order valence-corrected chi connectivity index (χ2v) is 3.56. The van der Waals surface area contributed by atoms with Gasteiger partial charge in [-0.25, -0.2) is 0 Å². The molecule has 0 N–H and O–H groups in total. The van der Waals surface area contributed by atoms with E-state index in [9.17, 15) is 0 Å². The highest BCUT2D eigenvalue weighted by molar-refractivity contribution is 6.30. The van der Waals surface area contributed by atoms with Gasteiger partial charge >= 0.3 is 0 Å². The lowest BCUT2D eigenvalue weighted by atomic mass is 10.3. The van der Waals surface area contributed by atoms with Gasteiger partial charge in [0, 0.05) is 5.02 Å². The van der Waals surface area contributed by atoms with Gasteiger partial charge in [-0.1, -0.05) is 29.3 Å². The Bertz CT molecular complexity index is 433. The maximum absolute atomic E-state index is 5.80. The minimum absolute atomic E-state index is 0.287. The van der Waals surface area contributed by atoms with Crippen LogP contribution in [0, 0.1) is 0 Å². The van der Waals surface area contributed by atoms with Crippen LogP contribution in [0.2, 0.25) is 10.2 Å². The molecule has 1 aromatic carbocycles. The largest absolute Gasteiger partial charge is 0.437 e. The van der Waals surface area contributed by atoms with Crippen molar-refractivity contribution in [1.29, 1.82) is 0 Å². The van der Waals surface area contributed by atoms with E-state index in [1.165, 1.54) is 12.4 Å². The van der Waals surface area contributed by atoms with Crippen LogP contribution in [-0.4, -0.2) is 9.97 Å². The molecule has 0 atom stereocenters. The van der Waals surface area contributed by atoms with Crippen LogP contribution < -0.4 is 4.74 Å². The van der Waals surface area contributed by atoms with E-state index in [4.69, 9.17) is 27.9 Å². The molecule has 0 radical (unpaired) electrons. The SMILES string of the molecule is Clc1cccc(Oc2cncc(Cl)n2)c1. The number of rotatable bonds is 2. The average molecular weight is 241 g/mol. The molecule has 2 rings (SSSR count). The fraction of sp³-hybridized carbons (Fsp3) is 0. The van der Waals surface area contributed by atoms with Crippen molar-refractivity contribution >= 4 is 23.2 Å².